The summed E-state index contributed by atoms with van der Waals surface area (Å²) in [6.45, 7) is 8.82. The Labute approximate surface area is 121 Å². The lowest BCUT2D eigenvalue weighted by Crippen LogP contribution is -2.31. The number of rotatable bonds is 7. The zero-order chi connectivity index (χ0) is 15.2. The third-order valence-corrected chi connectivity index (χ3v) is 3.25. The van der Waals surface area contributed by atoms with E-state index in [2.05, 4.69) is 31.4 Å². The van der Waals surface area contributed by atoms with Gasteiger partial charge < -0.3 is 15.4 Å². The number of benzene rings is 1. The Kier molecular flexibility index (Phi) is 6.02. The van der Waals surface area contributed by atoms with Gasteiger partial charge in [0.15, 0.2) is 0 Å². The highest BCUT2D eigenvalue weighted by Gasteiger charge is 2.20. The first kappa shape index (κ1) is 16.5. The third-order valence-electron chi connectivity index (χ3n) is 3.25. The Bertz CT molecular complexity index is 427. The smallest absolute Gasteiger partial charge is 0.251 e. The van der Waals surface area contributed by atoms with Crippen LogP contribution in [0.25, 0.3) is 0 Å². The minimum Gasteiger partial charge on any atom is -0.382 e. The monoisotopic (exact) mass is 278 g/mol. The van der Waals surface area contributed by atoms with Gasteiger partial charge in [-0.2, -0.15) is 0 Å². The molecule has 1 rings (SSSR count). The lowest BCUT2D eigenvalue weighted by molar-refractivity contribution is 0.0128. The number of ether oxygens (including phenoxy) is 1. The Hall–Kier alpha value is -1.55. The predicted molar refractivity (Wildman–Crippen MR) is 83.2 cm³/mol. The van der Waals surface area contributed by atoms with Crippen LogP contribution in [0.15, 0.2) is 24.3 Å². The molecule has 0 spiro atoms. The van der Waals surface area contributed by atoms with Gasteiger partial charge in [-0.3, -0.25) is 4.79 Å². The van der Waals surface area contributed by atoms with Gasteiger partial charge in [0.2, 0.25) is 0 Å². The van der Waals surface area contributed by atoms with Crippen LogP contribution in [0.5, 0.6) is 0 Å². The van der Waals surface area contributed by atoms with Crippen LogP contribution < -0.4 is 10.6 Å². The van der Waals surface area contributed by atoms with Crippen LogP contribution in [0, 0.1) is 0 Å². The molecule has 1 amide bonds. The van der Waals surface area contributed by atoms with Gasteiger partial charge in [0.05, 0.1) is 5.60 Å². The molecule has 1 unspecified atom stereocenters. The molecule has 0 heterocycles. The summed E-state index contributed by atoms with van der Waals surface area (Å²) in [6, 6.07) is 7.82. The molecule has 0 bridgehead atoms. The van der Waals surface area contributed by atoms with Gasteiger partial charge in [-0.05, 0) is 58.4 Å². The highest BCUT2D eigenvalue weighted by atomic mass is 16.5. The van der Waals surface area contributed by atoms with Crippen LogP contribution in [-0.4, -0.2) is 31.2 Å². The number of anilines is 1. The summed E-state index contributed by atoms with van der Waals surface area (Å²) < 4.78 is 5.43. The van der Waals surface area contributed by atoms with Gasteiger partial charge in [-0.1, -0.05) is 0 Å². The predicted octanol–water partition coefficient (Wildman–Crippen LogP) is 3.05. The highest BCUT2D eigenvalue weighted by molar-refractivity contribution is 5.94. The van der Waals surface area contributed by atoms with Crippen LogP contribution in [-0.2, 0) is 4.74 Å². The van der Waals surface area contributed by atoms with Crippen molar-refractivity contribution in [3.63, 3.8) is 0 Å². The van der Waals surface area contributed by atoms with Gasteiger partial charge in [0.25, 0.3) is 5.91 Å². The van der Waals surface area contributed by atoms with E-state index in [1.807, 2.05) is 31.2 Å². The molecule has 0 aliphatic carbocycles. The normalized spacial score (nSPS) is 12.8. The third kappa shape index (κ3) is 5.21. The fourth-order valence-electron chi connectivity index (χ4n) is 2.14. The van der Waals surface area contributed by atoms with Crippen LogP contribution in [0.4, 0.5) is 5.69 Å². The second-order valence-corrected chi connectivity index (χ2v) is 5.65. The second kappa shape index (κ2) is 7.29. The second-order valence-electron chi connectivity index (χ2n) is 5.65. The van der Waals surface area contributed by atoms with Crippen molar-refractivity contribution in [2.24, 2.45) is 0 Å². The summed E-state index contributed by atoms with van der Waals surface area (Å²) in [5.41, 5.74) is 1.55. The van der Waals surface area contributed by atoms with E-state index in [0.717, 1.165) is 12.1 Å². The summed E-state index contributed by atoms with van der Waals surface area (Å²) in [7, 11) is 1.73. The van der Waals surface area contributed by atoms with E-state index in [0.29, 0.717) is 18.2 Å². The van der Waals surface area contributed by atoms with Crippen molar-refractivity contribution in [2.75, 3.05) is 19.0 Å². The largest absolute Gasteiger partial charge is 0.382 e. The molecule has 0 aliphatic heterocycles. The summed E-state index contributed by atoms with van der Waals surface area (Å²) in [5, 5.41) is 6.20. The van der Waals surface area contributed by atoms with E-state index in [1.165, 1.54) is 0 Å². The first-order valence-electron chi connectivity index (χ1n) is 7.08. The molecule has 1 atom stereocenters. The average Bonchev–Trinajstić information content (AvgIpc) is 2.39. The number of nitrogens with one attached hydrogen (secondary N) is 2. The Morgan fingerprint density at radius 2 is 1.90 bits per heavy atom. The minimum absolute atomic E-state index is 0.0346. The molecule has 1 aromatic rings. The summed E-state index contributed by atoms with van der Waals surface area (Å²) >= 11 is 0. The maximum atomic E-state index is 11.7. The zero-order valence-corrected chi connectivity index (χ0v) is 13.1. The Balaban J connectivity index is 2.59. The molecule has 0 aliphatic rings. The zero-order valence-electron chi connectivity index (χ0n) is 13.1. The number of hydrogen-bond donors (Lipinski definition) is 2. The fourth-order valence-corrected chi connectivity index (χ4v) is 2.14. The molecule has 4 nitrogen and oxygen atoms in total. The van der Waals surface area contributed by atoms with Crippen molar-refractivity contribution in [3.05, 3.63) is 29.8 Å². The molecule has 112 valence electrons. The molecule has 1 aromatic carbocycles. The molecular weight excluding hydrogens is 252 g/mol. The van der Waals surface area contributed by atoms with Crippen LogP contribution >= 0.6 is 0 Å². The Morgan fingerprint density at radius 3 is 2.40 bits per heavy atom. The molecule has 0 radical (unpaired) electrons. The molecule has 0 saturated carbocycles. The summed E-state index contributed by atoms with van der Waals surface area (Å²) in [4.78, 5) is 11.7. The first-order valence-corrected chi connectivity index (χ1v) is 7.08. The first-order chi connectivity index (χ1) is 9.38. The van der Waals surface area contributed by atoms with Crippen molar-refractivity contribution in [1.29, 1.82) is 0 Å². The van der Waals surface area contributed by atoms with Crippen molar-refractivity contribution < 1.29 is 9.53 Å². The van der Waals surface area contributed by atoms with Crippen molar-refractivity contribution >= 4 is 11.6 Å². The van der Waals surface area contributed by atoms with E-state index >= 15 is 0 Å². The average molecular weight is 278 g/mol. The fraction of sp³-hybridized carbons (Fsp3) is 0.562. The van der Waals surface area contributed by atoms with Crippen molar-refractivity contribution in [2.45, 2.75) is 45.8 Å². The van der Waals surface area contributed by atoms with Gasteiger partial charge in [0.1, 0.15) is 0 Å². The molecule has 4 heteroatoms. The number of methoxy groups -OCH3 is 1. The highest BCUT2D eigenvalue weighted by Crippen LogP contribution is 2.19. The van der Waals surface area contributed by atoms with E-state index in [9.17, 15) is 4.79 Å². The Morgan fingerprint density at radius 1 is 1.30 bits per heavy atom. The minimum atomic E-state index is -0.145. The van der Waals surface area contributed by atoms with E-state index in [-0.39, 0.29) is 11.5 Å². The van der Waals surface area contributed by atoms with Gasteiger partial charge in [-0.15, -0.1) is 0 Å². The van der Waals surface area contributed by atoms with Crippen molar-refractivity contribution in [3.8, 4) is 0 Å². The number of carbonyl (C=O) groups excluding carboxylic acids is 1. The molecule has 0 fully saturated rings. The standard InChI is InChI=1S/C16H26N2O2/c1-6-17-15(19)13-7-9-14(10-8-13)18-12(2)11-16(3,4)20-5/h7-10,12,18H,6,11H2,1-5H3,(H,17,19). The molecular formula is C16H26N2O2. The quantitative estimate of drug-likeness (QED) is 0.806. The molecule has 2 N–H and O–H groups in total. The van der Waals surface area contributed by atoms with Gasteiger partial charge in [0, 0.05) is 30.9 Å². The van der Waals surface area contributed by atoms with Crippen molar-refractivity contribution in [1.82, 2.24) is 5.32 Å². The maximum Gasteiger partial charge on any atom is 0.251 e. The van der Waals surface area contributed by atoms with E-state index < -0.39 is 0 Å². The maximum absolute atomic E-state index is 11.7. The number of amides is 1. The molecule has 0 saturated heterocycles. The van der Waals surface area contributed by atoms with E-state index in [1.54, 1.807) is 7.11 Å². The lowest BCUT2D eigenvalue weighted by atomic mass is 9.99. The molecule has 0 aromatic heterocycles. The topological polar surface area (TPSA) is 50.4 Å². The van der Waals surface area contributed by atoms with Crippen LogP contribution in [0.2, 0.25) is 0 Å². The SMILES string of the molecule is CCNC(=O)c1ccc(NC(C)CC(C)(C)OC)cc1. The number of hydrogen-bond acceptors (Lipinski definition) is 3. The number of carbonyl (C=O) groups is 1. The van der Waals surface area contributed by atoms with Crippen LogP contribution in [0.1, 0.15) is 44.5 Å². The molecule has 20 heavy (non-hydrogen) atoms. The van der Waals surface area contributed by atoms with Gasteiger partial charge >= 0.3 is 0 Å². The van der Waals surface area contributed by atoms with Gasteiger partial charge in [-0.25, -0.2) is 0 Å². The summed E-state index contributed by atoms with van der Waals surface area (Å²) in [5.74, 6) is -0.0346. The summed E-state index contributed by atoms with van der Waals surface area (Å²) in [6.07, 6.45) is 0.904. The van der Waals surface area contributed by atoms with Crippen LogP contribution in [0.3, 0.4) is 0 Å². The van der Waals surface area contributed by atoms with E-state index in [4.69, 9.17) is 4.74 Å². The lowest BCUT2D eigenvalue weighted by Gasteiger charge is -2.27.